The number of carboxylic acid groups (broad SMARTS) is 1. The van der Waals surface area contributed by atoms with Crippen molar-refractivity contribution in [3.05, 3.63) is 53.9 Å². The lowest BCUT2D eigenvalue weighted by Crippen LogP contribution is -2.14. The lowest BCUT2D eigenvalue weighted by atomic mass is 9.82. The highest BCUT2D eigenvalue weighted by Crippen LogP contribution is 2.30. The van der Waals surface area contributed by atoms with Crippen molar-refractivity contribution in [3.63, 3.8) is 0 Å². The van der Waals surface area contributed by atoms with E-state index in [1.807, 2.05) is 24.3 Å². The maximum Gasteiger partial charge on any atom is 0.341 e. The monoisotopic (exact) mass is 285 g/mol. The number of aromatic nitrogens is 1. The summed E-state index contributed by atoms with van der Waals surface area (Å²) >= 11 is 0. The number of benzene rings is 1. The number of rotatable bonds is 5. The van der Waals surface area contributed by atoms with Crippen LogP contribution in [0.15, 0.2) is 42.7 Å². The lowest BCUT2D eigenvalue weighted by Gasteiger charge is -2.23. The Labute approximate surface area is 124 Å². The smallest absolute Gasteiger partial charge is 0.341 e. The van der Waals surface area contributed by atoms with E-state index in [-0.39, 0.29) is 11.0 Å². The minimum Gasteiger partial charge on any atom is -0.477 e. The average molecular weight is 285 g/mol. The summed E-state index contributed by atoms with van der Waals surface area (Å²) in [4.78, 5) is 14.9. The Hall–Kier alpha value is -2.36. The van der Waals surface area contributed by atoms with Crippen LogP contribution in [0.5, 0.6) is 11.5 Å². The quantitative estimate of drug-likeness (QED) is 0.891. The van der Waals surface area contributed by atoms with Crippen LogP contribution < -0.4 is 4.74 Å². The molecule has 1 N–H and O–H groups in total. The van der Waals surface area contributed by atoms with Crippen LogP contribution in [0, 0.1) is 0 Å². The summed E-state index contributed by atoms with van der Waals surface area (Å²) in [5, 5.41) is 9.11. The van der Waals surface area contributed by atoms with Gasteiger partial charge in [0.1, 0.15) is 17.1 Å². The van der Waals surface area contributed by atoms with Gasteiger partial charge in [0.05, 0.1) is 0 Å². The lowest BCUT2D eigenvalue weighted by molar-refractivity contribution is 0.0693. The van der Waals surface area contributed by atoms with Gasteiger partial charge >= 0.3 is 5.97 Å². The van der Waals surface area contributed by atoms with Gasteiger partial charge in [0.25, 0.3) is 0 Å². The van der Waals surface area contributed by atoms with Crippen LogP contribution in [0.25, 0.3) is 0 Å². The molecule has 1 aromatic heterocycles. The molecule has 0 atom stereocenters. The molecule has 0 spiro atoms. The van der Waals surface area contributed by atoms with Gasteiger partial charge in [-0.25, -0.2) is 4.79 Å². The zero-order chi connectivity index (χ0) is 15.5. The Kier molecular flexibility index (Phi) is 4.26. The molecule has 0 amide bonds. The largest absolute Gasteiger partial charge is 0.477 e. The SMILES string of the molecule is CCC(C)(C)c1ccc(Oc2ccncc2C(=O)O)cc1. The normalized spacial score (nSPS) is 11.2. The number of pyridine rings is 1. The molecule has 0 aliphatic heterocycles. The van der Waals surface area contributed by atoms with Gasteiger partial charge in [-0.1, -0.05) is 32.9 Å². The van der Waals surface area contributed by atoms with Gasteiger partial charge in [-0.15, -0.1) is 0 Å². The zero-order valence-corrected chi connectivity index (χ0v) is 12.5. The first-order valence-corrected chi connectivity index (χ1v) is 6.90. The molecule has 0 saturated heterocycles. The van der Waals surface area contributed by atoms with E-state index in [9.17, 15) is 4.79 Å². The number of ether oxygens (including phenoxy) is 1. The number of carboxylic acids is 1. The number of nitrogens with zero attached hydrogens (tertiary/aromatic N) is 1. The Balaban J connectivity index is 2.24. The molecule has 0 unspecified atom stereocenters. The Morgan fingerprint density at radius 1 is 1.24 bits per heavy atom. The molecule has 21 heavy (non-hydrogen) atoms. The van der Waals surface area contributed by atoms with E-state index in [1.165, 1.54) is 18.0 Å². The van der Waals surface area contributed by atoms with Crippen molar-refractivity contribution in [3.8, 4) is 11.5 Å². The summed E-state index contributed by atoms with van der Waals surface area (Å²) in [7, 11) is 0. The predicted molar refractivity (Wildman–Crippen MR) is 81.0 cm³/mol. The molecule has 2 aromatic rings. The molecular weight excluding hydrogens is 266 g/mol. The second kappa shape index (κ2) is 5.95. The minimum absolute atomic E-state index is 0.0514. The van der Waals surface area contributed by atoms with Gasteiger partial charge in [-0.05, 0) is 29.5 Å². The number of carbonyl (C=O) groups is 1. The van der Waals surface area contributed by atoms with E-state index in [0.29, 0.717) is 11.5 Å². The highest BCUT2D eigenvalue weighted by Gasteiger charge is 2.18. The van der Waals surface area contributed by atoms with Crippen molar-refractivity contribution >= 4 is 5.97 Å². The standard InChI is InChI=1S/C17H19NO3/c1-4-17(2,3)12-5-7-13(8-6-12)21-15-9-10-18-11-14(15)16(19)20/h5-11H,4H2,1-3H3,(H,19,20). The van der Waals surface area contributed by atoms with Gasteiger partial charge in [0.15, 0.2) is 0 Å². The predicted octanol–water partition coefficient (Wildman–Crippen LogP) is 4.26. The van der Waals surface area contributed by atoms with Crippen LogP contribution >= 0.6 is 0 Å². The van der Waals surface area contributed by atoms with Crippen LogP contribution in [0.1, 0.15) is 43.1 Å². The second-order valence-electron chi connectivity index (χ2n) is 5.54. The number of hydrogen-bond donors (Lipinski definition) is 1. The first-order chi connectivity index (χ1) is 9.94. The van der Waals surface area contributed by atoms with Gasteiger partial charge in [-0.2, -0.15) is 0 Å². The van der Waals surface area contributed by atoms with E-state index in [1.54, 1.807) is 6.07 Å². The summed E-state index contributed by atoms with van der Waals surface area (Å²) in [6.45, 7) is 6.53. The van der Waals surface area contributed by atoms with Gasteiger partial charge in [0, 0.05) is 18.5 Å². The summed E-state index contributed by atoms with van der Waals surface area (Å²) in [5.74, 6) is -0.152. The van der Waals surface area contributed by atoms with Gasteiger partial charge in [-0.3, -0.25) is 4.98 Å². The highest BCUT2D eigenvalue weighted by molar-refractivity contribution is 5.90. The topological polar surface area (TPSA) is 59.4 Å². The van der Waals surface area contributed by atoms with Crippen LogP contribution in [0.3, 0.4) is 0 Å². The van der Waals surface area contributed by atoms with Crippen molar-refractivity contribution in [2.24, 2.45) is 0 Å². The van der Waals surface area contributed by atoms with Crippen LogP contribution in [-0.2, 0) is 5.41 Å². The zero-order valence-electron chi connectivity index (χ0n) is 12.5. The molecule has 0 saturated carbocycles. The van der Waals surface area contributed by atoms with E-state index < -0.39 is 5.97 Å². The second-order valence-corrected chi connectivity index (χ2v) is 5.54. The van der Waals surface area contributed by atoms with Gasteiger partial charge in [0.2, 0.25) is 0 Å². The molecule has 4 heteroatoms. The van der Waals surface area contributed by atoms with Gasteiger partial charge < -0.3 is 9.84 Å². The molecule has 0 fully saturated rings. The molecular formula is C17H19NO3. The third kappa shape index (κ3) is 3.40. The molecule has 4 nitrogen and oxygen atoms in total. The van der Waals surface area contributed by atoms with Crippen molar-refractivity contribution < 1.29 is 14.6 Å². The Morgan fingerprint density at radius 2 is 1.90 bits per heavy atom. The fraction of sp³-hybridized carbons (Fsp3) is 0.294. The third-order valence-corrected chi connectivity index (χ3v) is 3.76. The van der Waals surface area contributed by atoms with Crippen LogP contribution in [0.4, 0.5) is 0 Å². The van der Waals surface area contributed by atoms with Crippen molar-refractivity contribution in [2.45, 2.75) is 32.6 Å². The molecule has 1 heterocycles. The van der Waals surface area contributed by atoms with E-state index in [4.69, 9.17) is 9.84 Å². The maximum atomic E-state index is 11.1. The first kappa shape index (κ1) is 15.0. The van der Waals surface area contributed by atoms with E-state index in [0.717, 1.165) is 6.42 Å². The summed E-state index contributed by atoms with van der Waals surface area (Å²) in [6.07, 6.45) is 3.84. The molecule has 0 aliphatic carbocycles. The fourth-order valence-corrected chi connectivity index (χ4v) is 1.94. The molecule has 1 aromatic carbocycles. The fourth-order valence-electron chi connectivity index (χ4n) is 1.94. The molecule has 110 valence electrons. The first-order valence-electron chi connectivity index (χ1n) is 6.90. The van der Waals surface area contributed by atoms with E-state index >= 15 is 0 Å². The van der Waals surface area contributed by atoms with Crippen LogP contribution in [-0.4, -0.2) is 16.1 Å². The Morgan fingerprint density at radius 3 is 2.48 bits per heavy atom. The molecule has 2 rings (SSSR count). The summed E-state index contributed by atoms with van der Waals surface area (Å²) in [6, 6.07) is 9.30. The van der Waals surface area contributed by atoms with Crippen molar-refractivity contribution in [1.82, 2.24) is 4.98 Å². The van der Waals surface area contributed by atoms with E-state index in [2.05, 4.69) is 25.8 Å². The average Bonchev–Trinajstić information content (AvgIpc) is 2.48. The highest BCUT2D eigenvalue weighted by atomic mass is 16.5. The van der Waals surface area contributed by atoms with Crippen LogP contribution in [0.2, 0.25) is 0 Å². The molecule has 0 radical (unpaired) electrons. The minimum atomic E-state index is -1.05. The number of hydrogen-bond acceptors (Lipinski definition) is 3. The van der Waals surface area contributed by atoms with Crippen molar-refractivity contribution in [2.75, 3.05) is 0 Å². The molecule has 0 aliphatic rings. The Bertz CT molecular complexity index is 633. The third-order valence-electron chi connectivity index (χ3n) is 3.76. The summed E-state index contributed by atoms with van der Waals surface area (Å²) in [5.41, 5.74) is 1.39. The number of aromatic carboxylic acids is 1. The maximum absolute atomic E-state index is 11.1. The molecule has 0 bridgehead atoms. The summed E-state index contributed by atoms with van der Waals surface area (Å²) < 4.78 is 5.65. The van der Waals surface area contributed by atoms with Crippen molar-refractivity contribution in [1.29, 1.82) is 0 Å².